The molecular weight excluding hydrogens is 304 g/mol. The molecule has 2 atom stereocenters. The second kappa shape index (κ2) is 5.97. The van der Waals surface area contributed by atoms with Crippen molar-refractivity contribution in [3.63, 3.8) is 0 Å². The molecule has 0 radical (unpaired) electrons. The van der Waals surface area contributed by atoms with E-state index in [1.165, 1.54) is 25.4 Å². The largest absolute Gasteiger partial charge is 0.469 e. The number of hydrogen-bond donors (Lipinski definition) is 1. The van der Waals surface area contributed by atoms with Crippen LogP contribution < -0.4 is 4.72 Å². The maximum atomic E-state index is 12.4. The molecule has 110 valence electrons. The van der Waals surface area contributed by atoms with Gasteiger partial charge in [-0.25, -0.2) is 13.4 Å². The Morgan fingerprint density at radius 2 is 2.25 bits per heavy atom. The molecule has 0 saturated heterocycles. The van der Waals surface area contributed by atoms with Gasteiger partial charge < -0.3 is 4.74 Å². The van der Waals surface area contributed by atoms with Gasteiger partial charge in [0.1, 0.15) is 5.15 Å². The van der Waals surface area contributed by atoms with Crippen LogP contribution in [-0.4, -0.2) is 31.7 Å². The van der Waals surface area contributed by atoms with Crippen molar-refractivity contribution in [3.8, 4) is 0 Å². The van der Waals surface area contributed by atoms with Gasteiger partial charge in [-0.05, 0) is 25.0 Å². The number of carbonyl (C=O) groups is 1. The topological polar surface area (TPSA) is 85.4 Å². The van der Waals surface area contributed by atoms with Crippen LogP contribution in [0.15, 0.2) is 18.3 Å². The van der Waals surface area contributed by atoms with Gasteiger partial charge in [-0.2, -0.15) is 0 Å². The fourth-order valence-corrected chi connectivity index (χ4v) is 4.36. The van der Waals surface area contributed by atoms with Gasteiger partial charge in [0.2, 0.25) is 10.0 Å². The van der Waals surface area contributed by atoms with E-state index in [4.69, 9.17) is 11.6 Å². The highest BCUT2D eigenvalue weighted by atomic mass is 35.5. The molecule has 0 spiro atoms. The van der Waals surface area contributed by atoms with Crippen LogP contribution in [0.4, 0.5) is 5.69 Å². The number of halogens is 1. The number of esters is 1. The number of anilines is 1. The summed E-state index contributed by atoms with van der Waals surface area (Å²) in [7, 11) is -2.41. The number of aromatic nitrogens is 1. The van der Waals surface area contributed by atoms with Crippen LogP contribution in [0.2, 0.25) is 5.15 Å². The smallest absolute Gasteiger partial charge is 0.310 e. The van der Waals surface area contributed by atoms with Gasteiger partial charge in [-0.1, -0.05) is 18.0 Å². The summed E-state index contributed by atoms with van der Waals surface area (Å²) in [6.07, 6.45) is 3.05. The number of pyridine rings is 1. The summed E-state index contributed by atoms with van der Waals surface area (Å²) < 4.78 is 31.8. The molecule has 0 amide bonds. The average molecular weight is 319 g/mol. The first-order valence-corrected chi connectivity index (χ1v) is 8.07. The zero-order valence-corrected chi connectivity index (χ0v) is 12.4. The third-order valence-electron chi connectivity index (χ3n) is 3.34. The Balaban J connectivity index is 2.19. The molecule has 1 N–H and O–H groups in total. The minimum atomic E-state index is -3.67. The standard InChI is InChI=1S/C12H15ClN2O4S/c1-19-12(16)9-3-2-4-10(9)20(17,18)15-8-5-6-14-11(13)7-8/h5-7,9-10H,2-4H2,1H3,(H,14,15). The zero-order chi connectivity index (χ0) is 14.8. The van der Waals surface area contributed by atoms with Crippen molar-refractivity contribution in [1.82, 2.24) is 4.98 Å². The lowest BCUT2D eigenvalue weighted by Gasteiger charge is -2.19. The van der Waals surface area contributed by atoms with Crippen LogP contribution in [0.5, 0.6) is 0 Å². The van der Waals surface area contributed by atoms with E-state index < -0.39 is 27.2 Å². The Labute approximate surface area is 122 Å². The van der Waals surface area contributed by atoms with Gasteiger partial charge in [0.15, 0.2) is 0 Å². The SMILES string of the molecule is COC(=O)C1CCCC1S(=O)(=O)Nc1ccnc(Cl)c1. The molecule has 1 aromatic heterocycles. The van der Waals surface area contributed by atoms with E-state index in [1.807, 2.05) is 0 Å². The first kappa shape index (κ1) is 15.1. The zero-order valence-electron chi connectivity index (χ0n) is 10.9. The van der Waals surface area contributed by atoms with E-state index in [-0.39, 0.29) is 5.15 Å². The van der Waals surface area contributed by atoms with Crippen LogP contribution in [0.3, 0.4) is 0 Å². The lowest BCUT2D eigenvalue weighted by molar-refractivity contribution is -0.145. The summed E-state index contributed by atoms with van der Waals surface area (Å²) in [6, 6.07) is 2.92. The molecule has 0 aromatic carbocycles. The number of sulfonamides is 1. The molecule has 1 aliphatic carbocycles. The number of hydrogen-bond acceptors (Lipinski definition) is 5. The Kier molecular flexibility index (Phi) is 4.49. The monoisotopic (exact) mass is 318 g/mol. The number of nitrogens with one attached hydrogen (secondary N) is 1. The molecule has 0 aliphatic heterocycles. The third-order valence-corrected chi connectivity index (χ3v) is 5.43. The Morgan fingerprint density at radius 1 is 1.50 bits per heavy atom. The maximum absolute atomic E-state index is 12.4. The first-order valence-electron chi connectivity index (χ1n) is 6.15. The molecule has 2 unspecified atom stereocenters. The molecule has 0 bridgehead atoms. The van der Waals surface area contributed by atoms with E-state index >= 15 is 0 Å². The van der Waals surface area contributed by atoms with E-state index in [0.717, 1.165) is 0 Å². The average Bonchev–Trinajstić information content (AvgIpc) is 2.87. The van der Waals surface area contributed by atoms with Gasteiger partial charge in [0.25, 0.3) is 0 Å². The molecule has 1 saturated carbocycles. The van der Waals surface area contributed by atoms with Crippen molar-refractivity contribution < 1.29 is 17.9 Å². The number of ether oxygens (including phenoxy) is 1. The van der Waals surface area contributed by atoms with Crippen molar-refractivity contribution >= 4 is 33.3 Å². The van der Waals surface area contributed by atoms with Crippen LogP contribution in [-0.2, 0) is 19.6 Å². The summed E-state index contributed by atoms with van der Waals surface area (Å²) in [4.78, 5) is 15.4. The van der Waals surface area contributed by atoms with Crippen LogP contribution in [0.25, 0.3) is 0 Å². The predicted octanol–water partition coefficient (Wildman–Crippen LogP) is 1.82. The molecule has 20 heavy (non-hydrogen) atoms. The fourth-order valence-electron chi connectivity index (χ4n) is 2.42. The number of rotatable bonds is 4. The van der Waals surface area contributed by atoms with Crippen LogP contribution >= 0.6 is 11.6 Å². The van der Waals surface area contributed by atoms with Gasteiger partial charge >= 0.3 is 5.97 Å². The minimum Gasteiger partial charge on any atom is -0.469 e. The molecule has 6 nitrogen and oxygen atoms in total. The van der Waals surface area contributed by atoms with Gasteiger partial charge in [0, 0.05) is 6.20 Å². The van der Waals surface area contributed by atoms with E-state index in [2.05, 4.69) is 14.4 Å². The summed E-state index contributed by atoms with van der Waals surface area (Å²) in [6.45, 7) is 0. The van der Waals surface area contributed by atoms with Gasteiger partial charge in [0.05, 0.1) is 24.0 Å². The minimum absolute atomic E-state index is 0.195. The van der Waals surface area contributed by atoms with E-state index in [1.54, 1.807) is 0 Å². The quantitative estimate of drug-likeness (QED) is 0.676. The number of carbonyl (C=O) groups excluding carboxylic acids is 1. The summed E-state index contributed by atoms with van der Waals surface area (Å²) >= 11 is 5.71. The third kappa shape index (κ3) is 3.21. The fraction of sp³-hybridized carbons (Fsp3) is 0.500. The first-order chi connectivity index (χ1) is 9.44. The summed E-state index contributed by atoms with van der Waals surface area (Å²) in [5.41, 5.74) is 0.334. The maximum Gasteiger partial charge on any atom is 0.310 e. The Morgan fingerprint density at radius 3 is 2.90 bits per heavy atom. The highest BCUT2D eigenvalue weighted by Crippen LogP contribution is 2.33. The van der Waals surface area contributed by atoms with Gasteiger partial charge in [-0.3, -0.25) is 9.52 Å². The van der Waals surface area contributed by atoms with Crippen molar-refractivity contribution in [1.29, 1.82) is 0 Å². The molecule has 1 fully saturated rings. The Hall–Kier alpha value is -1.34. The van der Waals surface area contributed by atoms with Crippen molar-refractivity contribution in [2.24, 2.45) is 5.92 Å². The highest BCUT2D eigenvalue weighted by molar-refractivity contribution is 7.93. The number of methoxy groups -OCH3 is 1. The van der Waals surface area contributed by atoms with Crippen molar-refractivity contribution in [2.75, 3.05) is 11.8 Å². The van der Waals surface area contributed by atoms with Crippen LogP contribution in [0, 0.1) is 5.92 Å². The highest BCUT2D eigenvalue weighted by Gasteiger charge is 2.42. The molecular formula is C12H15ClN2O4S. The molecule has 2 rings (SSSR count). The van der Waals surface area contributed by atoms with Gasteiger partial charge in [-0.15, -0.1) is 0 Å². The normalized spacial score (nSPS) is 22.5. The second-order valence-corrected chi connectivity index (χ2v) is 6.90. The predicted molar refractivity (Wildman–Crippen MR) is 74.9 cm³/mol. The summed E-state index contributed by atoms with van der Waals surface area (Å²) in [5.74, 6) is -1.10. The molecule has 1 aromatic rings. The molecule has 8 heteroatoms. The summed E-state index contributed by atoms with van der Waals surface area (Å²) in [5, 5.41) is -0.581. The lowest BCUT2D eigenvalue weighted by atomic mass is 10.1. The van der Waals surface area contributed by atoms with Crippen molar-refractivity contribution in [2.45, 2.75) is 24.5 Å². The molecule has 1 aliphatic rings. The van der Waals surface area contributed by atoms with Crippen LogP contribution in [0.1, 0.15) is 19.3 Å². The van der Waals surface area contributed by atoms with E-state index in [0.29, 0.717) is 24.9 Å². The van der Waals surface area contributed by atoms with E-state index in [9.17, 15) is 13.2 Å². The lowest BCUT2D eigenvalue weighted by Crippen LogP contribution is -2.35. The second-order valence-electron chi connectivity index (χ2n) is 4.61. The number of nitrogens with zero attached hydrogens (tertiary/aromatic N) is 1. The Bertz CT molecular complexity index is 605. The van der Waals surface area contributed by atoms with Crippen molar-refractivity contribution in [3.05, 3.63) is 23.5 Å². The molecule has 1 heterocycles.